The summed E-state index contributed by atoms with van der Waals surface area (Å²) >= 11 is 0. The van der Waals surface area contributed by atoms with Gasteiger partial charge in [0.2, 0.25) is 0 Å². The summed E-state index contributed by atoms with van der Waals surface area (Å²) in [6.45, 7) is 19.7. The number of carbonyl (C=O) groups is 3. The van der Waals surface area contributed by atoms with Crippen molar-refractivity contribution in [3.63, 3.8) is 0 Å². The Morgan fingerprint density at radius 3 is 1.04 bits per heavy atom. The Morgan fingerprint density at radius 2 is 0.913 bits per heavy atom. The van der Waals surface area contributed by atoms with Gasteiger partial charge in [-0.1, -0.05) is 40.5 Å². The zero-order valence-electron chi connectivity index (χ0n) is 14.6. The van der Waals surface area contributed by atoms with E-state index in [1.165, 1.54) is 20.8 Å². The van der Waals surface area contributed by atoms with Crippen molar-refractivity contribution in [2.45, 2.75) is 46.6 Å². The van der Waals surface area contributed by atoms with Crippen LogP contribution in [0.2, 0.25) is 5.04 Å². The number of rotatable bonds is 6. The summed E-state index contributed by atoms with van der Waals surface area (Å²) in [6, 6.07) is 0. The van der Waals surface area contributed by atoms with Gasteiger partial charge >= 0.3 is 26.7 Å². The normalized spacial score (nSPS) is 11.2. The molecule has 7 heteroatoms. The second kappa shape index (κ2) is 7.41. The molecular weight excluding hydrogens is 316 g/mol. The quantitative estimate of drug-likeness (QED) is 0.546. The molecule has 0 N–H and O–H groups in total. The minimum atomic E-state index is -4.11. The van der Waals surface area contributed by atoms with Crippen molar-refractivity contribution in [3.8, 4) is 0 Å². The van der Waals surface area contributed by atoms with Gasteiger partial charge in [-0.2, -0.15) is 0 Å². The summed E-state index contributed by atoms with van der Waals surface area (Å²) < 4.78 is 16.0. The van der Waals surface area contributed by atoms with Crippen LogP contribution in [0.15, 0.2) is 36.5 Å². The molecule has 0 unspecified atom stereocenters. The van der Waals surface area contributed by atoms with E-state index in [2.05, 4.69) is 19.7 Å². The van der Waals surface area contributed by atoms with Gasteiger partial charge in [-0.3, -0.25) is 0 Å². The van der Waals surface area contributed by atoms with E-state index in [4.69, 9.17) is 13.3 Å². The van der Waals surface area contributed by atoms with Crippen LogP contribution < -0.4 is 0 Å². The Bertz CT molecular complexity index is 498. The van der Waals surface area contributed by atoms with Gasteiger partial charge in [-0.15, -0.1) is 0 Å². The fraction of sp³-hybridized carbons (Fsp3) is 0.438. The maximum Gasteiger partial charge on any atom is 0.711 e. The highest BCUT2D eigenvalue weighted by molar-refractivity contribution is 6.69. The molecule has 128 valence electrons. The largest absolute Gasteiger partial charge is 0.711 e. The van der Waals surface area contributed by atoms with Gasteiger partial charge < -0.3 is 13.3 Å². The molecule has 0 atom stereocenters. The van der Waals surface area contributed by atoms with Gasteiger partial charge in [0.05, 0.1) is 5.04 Å². The van der Waals surface area contributed by atoms with Crippen molar-refractivity contribution in [3.05, 3.63) is 36.5 Å². The van der Waals surface area contributed by atoms with Gasteiger partial charge in [0.1, 0.15) is 0 Å². The first kappa shape index (κ1) is 20.8. The van der Waals surface area contributed by atoms with Crippen LogP contribution in [0.1, 0.15) is 41.5 Å². The van der Waals surface area contributed by atoms with Crippen molar-refractivity contribution in [1.82, 2.24) is 0 Å². The highest BCUT2D eigenvalue weighted by Crippen LogP contribution is 2.40. The third-order valence-corrected chi connectivity index (χ3v) is 5.84. The molecule has 6 nitrogen and oxygen atoms in total. The van der Waals surface area contributed by atoms with Crippen LogP contribution in [0, 0.1) is 0 Å². The molecule has 0 heterocycles. The predicted molar refractivity (Wildman–Crippen MR) is 88.2 cm³/mol. The molecule has 0 fully saturated rings. The van der Waals surface area contributed by atoms with Crippen LogP contribution in [-0.4, -0.2) is 26.7 Å². The molecule has 0 aromatic heterocycles. The van der Waals surface area contributed by atoms with E-state index in [0.29, 0.717) is 0 Å². The SMILES string of the molecule is C=C(C)C(=O)O[Si](OC(=O)C(=C)C)(OC(=O)C(=C)C)C(C)(C)C. The molecule has 0 radical (unpaired) electrons. The van der Waals surface area contributed by atoms with E-state index >= 15 is 0 Å². The van der Waals surface area contributed by atoms with Crippen molar-refractivity contribution in [2.24, 2.45) is 0 Å². The number of carbonyl (C=O) groups excluding carboxylic acids is 3. The van der Waals surface area contributed by atoms with Gasteiger partial charge in [0.25, 0.3) is 0 Å². The summed E-state index contributed by atoms with van der Waals surface area (Å²) in [5.74, 6) is -2.43. The zero-order chi connectivity index (χ0) is 18.6. The first-order valence-electron chi connectivity index (χ1n) is 6.90. The third kappa shape index (κ3) is 5.52. The predicted octanol–water partition coefficient (Wildman–Crippen LogP) is 3.08. The molecule has 0 amide bonds. The van der Waals surface area contributed by atoms with E-state index in [1.807, 2.05) is 0 Å². The molecule has 0 aliphatic heterocycles. The Labute approximate surface area is 138 Å². The van der Waals surface area contributed by atoms with E-state index < -0.39 is 31.8 Å². The summed E-state index contributed by atoms with van der Waals surface area (Å²) in [4.78, 5) is 36.0. The van der Waals surface area contributed by atoms with Crippen molar-refractivity contribution in [2.75, 3.05) is 0 Å². The molecule has 0 saturated carbocycles. The molecule has 23 heavy (non-hydrogen) atoms. The molecule has 0 spiro atoms. The van der Waals surface area contributed by atoms with Gasteiger partial charge in [-0.05, 0) is 20.8 Å². The first-order chi connectivity index (χ1) is 10.2. The zero-order valence-corrected chi connectivity index (χ0v) is 15.6. The van der Waals surface area contributed by atoms with E-state index in [0.717, 1.165) is 0 Å². The molecule has 0 aliphatic rings. The van der Waals surface area contributed by atoms with Crippen molar-refractivity contribution >= 4 is 26.7 Å². The van der Waals surface area contributed by atoms with Crippen molar-refractivity contribution in [1.29, 1.82) is 0 Å². The minimum absolute atomic E-state index is 0.0869. The summed E-state index contributed by atoms with van der Waals surface area (Å²) in [7, 11) is -4.11. The smallest absolute Gasteiger partial charge is 0.451 e. The van der Waals surface area contributed by atoms with Crippen LogP contribution >= 0.6 is 0 Å². The fourth-order valence-corrected chi connectivity index (χ4v) is 3.45. The highest BCUT2D eigenvalue weighted by Gasteiger charge is 2.63. The average molecular weight is 340 g/mol. The van der Waals surface area contributed by atoms with Gasteiger partial charge in [0, 0.05) is 16.7 Å². The van der Waals surface area contributed by atoms with Crippen LogP contribution in [0.4, 0.5) is 0 Å². The van der Waals surface area contributed by atoms with E-state index in [9.17, 15) is 14.4 Å². The van der Waals surface area contributed by atoms with Crippen LogP contribution in [0.25, 0.3) is 0 Å². The van der Waals surface area contributed by atoms with Crippen molar-refractivity contribution < 1.29 is 27.7 Å². The number of hydrogen-bond acceptors (Lipinski definition) is 6. The monoisotopic (exact) mass is 340 g/mol. The first-order valence-corrected chi connectivity index (χ1v) is 8.62. The molecule has 0 bridgehead atoms. The fourth-order valence-electron chi connectivity index (χ4n) is 1.15. The average Bonchev–Trinajstić information content (AvgIpc) is 2.36. The lowest BCUT2D eigenvalue weighted by Gasteiger charge is -2.36. The standard InChI is InChI=1S/C16H24O6Si/c1-10(2)13(17)20-23(16(7,8)9,21-14(18)11(3)4)22-15(19)12(5)6/h1,3,5H2,2,4,6-9H3. The van der Waals surface area contributed by atoms with E-state index in [1.54, 1.807) is 20.8 Å². The summed E-state index contributed by atoms with van der Waals surface area (Å²) in [5, 5.41) is -0.950. The van der Waals surface area contributed by atoms with Gasteiger partial charge in [-0.25, -0.2) is 14.4 Å². The van der Waals surface area contributed by atoms with Crippen LogP contribution in [0.5, 0.6) is 0 Å². The molecule has 0 aromatic rings. The van der Waals surface area contributed by atoms with Gasteiger partial charge in [0.15, 0.2) is 0 Å². The molecular formula is C16H24O6Si. The summed E-state index contributed by atoms with van der Waals surface area (Å²) in [6.07, 6.45) is 0. The third-order valence-electron chi connectivity index (χ3n) is 2.65. The topological polar surface area (TPSA) is 78.9 Å². The Hall–Kier alpha value is -2.15. The number of hydrogen-bond donors (Lipinski definition) is 0. The molecule has 0 aromatic carbocycles. The van der Waals surface area contributed by atoms with Crippen LogP contribution in [0.3, 0.4) is 0 Å². The lowest BCUT2D eigenvalue weighted by atomic mass is 10.3. The maximum absolute atomic E-state index is 12.0. The molecule has 0 aliphatic carbocycles. The second-order valence-corrected chi connectivity index (χ2v) is 9.54. The van der Waals surface area contributed by atoms with E-state index in [-0.39, 0.29) is 16.7 Å². The summed E-state index contributed by atoms with van der Waals surface area (Å²) in [5.41, 5.74) is 0.261. The Morgan fingerprint density at radius 1 is 0.696 bits per heavy atom. The lowest BCUT2D eigenvalue weighted by molar-refractivity contribution is -0.147. The molecule has 0 rings (SSSR count). The lowest BCUT2D eigenvalue weighted by Crippen LogP contribution is -2.57. The second-order valence-electron chi connectivity index (χ2n) is 6.32. The maximum atomic E-state index is 12.0. The highest BCUT2D eigenvalue weighted by atomic mass is 28.4. The minimum Gasteiger partial charge on any atom is -0.451 e. The van der Waals surface area contributed by atoms with Crippen LogP contribution in [-0.2, 0) is 27.7 Å². The molecule has 0 saturated heterocycles. The Balaban J connectivity index is 6.01. The Kier molecular flexibility index (Phi) is 6.72.